The molecule has 1 N–H and O–H groups in total. The lowest BCUT2D eigenvalue weighted by atomic mass is 9.95. The first-order chi connectivity index (χ1) is 10.3. The number of hydrogen-bond donors (Lipinski definition) is 1. The monoisotopic (exact) mass is 308 g/mol. The molecule has 122 valence electrons. The fourth-order valence-corrected chi connectivity index (χ4v) is 2.71. The van der Waals surface area contributed by atoms with E-state index in [4.69, 9.17) is 4.74 Å². The number of urea groups is 1. The first-order valence-electron chi connectivity index (χ1n) is 7.71. The first-order valence-corrected chi connectivity index (χ1v) is 7.71. The Bertz CT molecular complexity index is 514. The molecule has 1 unspecified atom stereocenters. The highest BCUT2D eigenvalue weighted by Crippen LogP contribution is 2.33. The number of ether oxygens (including phenoxy) is 1. The van der Waals surface area contributed by atoms with Gasteiger partial charge in [0.1, 0.15) is 5.82 Å². The normalized spacial score (nSPS) is 21.0. The van der Waals surface area contributed by atoms with E-state index < -0.39 is 5.54 Å². The molecule has 1 atom stereocenters. The SMILES string of the molecule is CC(C)CNC(=O)N1C(c2ccc(F)cc2)COCC1(C)C. The van der Waals surface area contributed by atoms with Crippen LogP contribution in [0.3, 0.4) is 0 Å². The lowest BCUT2D eigenvalue weighted by Crippen LogP contribution is -2.59. The molecule has 1 aliphatic heterocycles. The second kappa shape index (κ2) is 6.65. The predicted octanol–water partition coefficient (Wildman–Crippen LogP) is 3.34. The highest BCUT2D eigenvalue weighted by Gasteiger charge is 2.41. The molecule has 0 aromatic heterocycles. The smallest absolute Gasteiger partial charge is 0.318 e. The van der Waals surface area contributed by atoms with Crippen molar-refractivity contribution >= 4 is 6.03 Å². The topological polar surface area (TPSA) is 41.6 Å². The summed E-state index contributed by atoms with van der Waals surface area (Å²) in [6.07, 6.45) is 0. The van der Waals surface area contributed by atoms with Gasteiger partial charge in [0.25, 0.3) is 0 Å². The molecule has 22 heavy (non-hydrogen) atoms. The van der Waals surface area contributed by atoms with Gasteiger partial charge in [-0.25, -0.2) is 9.18 Å². The molecule has 2 amide bonds. The zero-order valence-electron chi connectivity index (χ0n) is 13.7. The van der Waals surface area contributed by atoms with Crippen LogP contribution in [-0.2, 0) is 4.74 Å². The van der Waals surface area contributed by atoms with Gasteiger partial charge in [-0.2, -0.15) is 0 Å². The first kappa shape index (κ1) is 16.7. The molecule has 2 rings (SSSR count). The lowest BCUT2D eigenvalue weighted by Gasteiger charge is -2.47. The summed E-state index contributed by atoms with van der Waals surface area (Å²) in [7, 11) is 0. The largest absolute Gasteiger partial charge is 0.377 e. The molecule has 0 aliphatic carbocycles. The maximum atomic E-state index is 13.1. The summed E-state index contributed by atoms with van der Waals surface area (Å²) in [6, 6.07) is 5.95. The number of carbonyl (C=O) groups excluding carboxylic acids is 1. The third-order valence-electron chi connectivity index (χ3n) is 3.83. The highest BCUT2D eigenvalue weighted by molar-refractivity contribution is 5.76. The van der Waals surface area contributed by atoms with Crippen molar-refractivity contribution in [2.45, 2.75) is 39.3 Å². The number of hydrogen-bond acceptors (Lipinski definition) is 2. The van der Waals surface area contributed by atoms with Crippen molar-refractivity contribution < 1.29 is 13.9 Å². The standard InChI is InChI=1S/C17H25FN2O2/c1-12(2)9-19-16(21)20-15(10-22-11-17(20,3)4)13-5-7-14(18)8-6-13/h5-8,12,15H,9-11H2,1-4H3,(H,19,21). The number of benzene rings is 1. The Morgan fingerprint density at radius 1 is 1.41 bits per heavy atom. The van der Waals surface area contributed by atoms with E-state index in [1.165, 1.54) is 12.1 Å². The summed E-state index contributed by atoms with van der Waals surface area (Å²) in [5, 5.41) is 2.98. The molecule has 1 fully saturated rings. The van der Waals surface area contributed by atoms with E-state index in [1.54, 1.807) is 12.1 Å². The van der Waals surface area contributed by atoms with Crippen LogP contribution in [0.2, 0.25) is 0 Å². The molecule has 0 radical (unpaired) electrons. The third kappa shape index (κ3) is 3.77. The summed E-state index contributed by atoms with van der Waals surface area (Å²) in [5.74, 6) is 0.105. The summed E-state index contributed by atoms with van der Waals surface area (Å²) in [6.45, 7) is 9.62. The molecule has 1 aromatic rings. The number of nitrogens with one attached hydrogen (secondary N) is 1. The average Bonchev–Trinajstić information content (AvgIpc) is 2.44. The van der Waals surface area contributed by atoms with E-state index in [-0.39, 0.29) is 17.9 Å². The second-order valence-corrected chi connectivity index (χ2v) is 6.84. The molecular weight excluding hydrogens is 283 g/mol. The molecule has 0 saturated carbocycles. The quantitative estimate of drug-likeness (QED) is 0.930. The molecule has 1 aromatic carbocycles. The van der Waals surface area contributed by atoms with Crippen molar-refractivity contribution in [1.29, 1.82) is 0 Å². The van der Waals surface area contributed by atoms with E-state index in [1.807, 2.05) is 18.7 Å². The van der Waals surface area contributed by atoms with Crippen molar-refractivity contribution in [3.8, 4) is 0 Å². The third-order valence-corrected chi connectivity index (χ3v) is 3.83. The Morgan fingerprint density at radius 2 is 2.05 bits per heavy atom. The predicted molar refractivity (Wildman–Crippen MR) is 84.1 cm³/mol. The number of halogens is 1. The van der Waals surface area contributed by atoms with Crippen LogP contribution in [0, 0.1) is 11.7 Å². The molecule has 1 heterocycles. The van der Waals surface area contributed by atoms with Crippen LogP contribution < -0.4 is 5.32 Å². The van der Waals surface area contributed by atoms with Gasteiger partial charge in [0.15, 0.2) is 0 Å². The van der Waals surface area contributed by atoms with Crippen LogP contribution >= 0.6 is 0 Å². The van der Waals surface area contributed by atoms with Crippen LogP contribution in [0.1, 0.15) is 39.3 Å². The number of amides is 2. The summed E-state index contributed by atoms with van der Waals surface area (Å²) < 4.78 is 18.8. The fourth-order valence-electron chi connectivity index (χ4n) is 2.71. The van der Waals surface area contributed by atoms with Gasteiger partial charge < -0.3 is 15.0 Å². The molecule has 1 saturated heterocycles. The van der Waals surface area contributed by atoms with Gasteiger partial charge >= 0.3 is 6.03 Å². The minimum absolute atomic E-state index is 0.101. The van der Waals surface area contributed by atoms with Crippen molar-refractivity contribution in [2.24, 2.45) is 5.92 Å². The van der Waals surface area contributed by atoms with Crippen LogP contribution in [-0.4, -0.2) is 36.2 Å². The fraction of sp³-hybridized carbons (Fsp3) is 0.588. The number of carbonyl (C=O) groups is 1. The Labute approximate surface area is 131 Å². The van der Waals surface area contributed by atoms with Crippen LogP contribution in [0.25, 0.3) is 0 Å². The van der Waals surface area contributed by atoms with E-state index in [0.29, 0.717) is 25.7 Å². The zero-order valence-corrected chi connectivity index (χ0v) is 13.7. The maximum Gasteiger partial charge on any atom is 0.318 e. The Morgan fingerprint density at radius 3 is 2.64 bits per heavy atom. The molecule has 0 spiro atoms. The summed E-state index contributed by atoms with van der Waals surface area (Å²) in [5.41, 5.74) is 0.465. The Kier molecular flexibility index (Phi) is 5.06. The van der Waals surface area contributed by atoms with E-state index in [0.717, 1.165) is 5.56 Å². The van der Waals surface area contributed by atoms with Crippen LogP contribution in [0.15, 0.2) is 24.3 Å². The number of nitrogens with zero attached hydrogens (tertiary/aromatic N) is 1. The number of morpholine rings is 1. The van der Waals surface area contributed by atoms with E-state index >= 15 is 0 Å². The van der Waals surface area contributed by atoms with Crippen molar-refractivity contribution in [3.05, 3.63) is 35.6 Å². The minimum Gasteiger partial charge on any atom is -0.377 e. The number of rotatable bonds is 3. The maximum absolute atomic E-state index is 13.1. The van der Waals surface area contributed by atoms with Gasteiger partial charge in [-0.3, -0.25) is 0 Å². The second-order valence-electron chi connectivity index (χ2n) is 6.84. The molecule has 0 bridgehead atoms. The highest BCUT2D eigenvalue weighted by atomic mass is 19.1. The van der Waals surface area contributed by atoms with Crippen molar-refractivity contribution in [2.75, 3.05) is 19.8 Å². The van der Waals surface area contributed by atoms with Gasteiger partial charge in [-0.1, -0.05) is 26.0 Å². The van der Waals surface area contributed by atoms with E-state index in [2.05, 4.69) is 19.2 Å². The van der Waals surface area contributed by atoms with Gasteiger partial charge in [0.2, 0.25) is 0 Å². The van der Waals surface area contributed by atoms with Gasteiger partial charge in [-0.05, 0) is 37.5 Å². The molecule has 5 heteroatoms. The summed E-state index contributed by atoms with van der Waals surface area (Å²) in [4.78, 5) is 14.5. The Balaban J connectivity index is 2.25. The van der Waals surface area contributed by atoms with Crippen molar-refractivity contribution in [1.82, 2.24) is 10.2 Å². The molecular formula is C17H25FN2O2. The van der Waals surface area contributed by atoms with Crippen LogP contribution in [0.4, 0.5) is 9.18 Å². The lowest BCUT2D eigenvalue weighted by molar-refractivity contribution is -0.0657. The summed E-state index contributed by atoms with van der Waals surface area (Å²) >= 11 is 0. The average molecular weight is 308 g/mol. The zero-order chi connectivity index (χ0) is 16.3. The minimum atomic E-state index is -0.418. The van der Waals surface area contributed by atoms with Crippen molar-refractivity contribution in [3.63, 3.8) is 0 Å². The van der Waals surface area contributed by atoms with Crippen LogP contribution in [0.5, 0.6) is 0 Å². The molecule has 4 nitrogen and oxygen atoms in total. The van der Waals surface area contributed by atoms with Gasteiger partial charge in [0, 0.05) is 6.54 Å². The van der Waals surface area contributed by atoms with Gasteiger partial charge in [-0.15, -0.1) is 0 Å². The van der Waals surface area contributed by atoms with E-state index in [9.17, 15) is 9.18 Å². The Hall–Kier alpha value is -1.62. The van der Waals surface area contributed by atoms with Gasteiger partial charge in [0.05, 0.1) is 24.8 Å². The molecule has 1 aliphatic rings.